The first-order valence-corrected chi connectivity index (χ1v) is 8.53. The zero-order valence-corrected chi connectivity index (χ0v) is 15.5. The van der Waals surface area contributed by atoms with E-state index in [1.165, 1.54) is 6.07 Å². The molecule has 0 aliphatic carbocycles. The Bertz CT molecular complexity index is 1420. The van der Waals surface area contributed by atoms with Gasteiger partial charge in [-0.3, -0.25) is 0 Å². The average Bonchev–Trinajstić information content (AvgIpc) is 3.06. The van der Waals surface area contributed by atoms with Crippen molar-refractivity contribution in [2.75, 3.05) is 0 Å². The summed E-state index contributed by atoms with van der Waals surface area (Å²) in [5.41, 5.74) is 3.58. The molecule has 2 heterocycles. The zero-order chi connectivity index (χ0) is 22.8. The summed E-state index contributed by atoms with van der Waals surface area (Å²) in [7, 11) is 1.70. The molecule has 0 aliphatic heterocycles. The normalized spacial score (nSPS) is 13.9. The van der Waals surface area contributed by atoms with Gasteiger partial charge in [0.1, 0.15) is 18.4 Å². The molecule has 2 aromatic heterocycles. The minimum Gasteiger partial charge on any atom is -0.455 e. The fraction of sp³-hybridized carbons (Fsp3) is 0.217. The number of hydrogen-bond donors (Lipinski definition) is 0. The summed E-state index contributed by atoms with van der Waals surface area (Å²) < 4.78 is 55.1. The minimum atomic E-state index is -2.36. The van der Waals surface area contributed by atoms with Gasteiger partial charge in [0.25, 0.3) is 0 Å². The van der Waals surface area contributed by atoms with Gasteiger partial charge >= 0.3 is 0 Å². The second-order valence-electron chi connectivity index (χ2n) is 6.80. The number of nitrogens with zero attached hydrogens (tertiary/aromatic N) is 2. The lowest BCUT2D eigenvalue weighted by atomic mass is 9.97. The lowest BCUT2D eigenvalue weighted by molar-refractivity contribution is -0.667. The van der Waals surface area contributed by atoms with Crippen molar-refractivity contribution in [3.63, 3.8) is 0 Å². The number of aryl methyl sites for hydroxylation is 1. The predicted molar refractivity (Wildman–Crippen MR) is 104 cm³/mol. The number of furan rings is 1. The van der Waals surface area contributed by atoms with E-state index in [2.05, 4.69) is 0 Å². The molecule has 3 nitrogen and oxygen atoms in total. The van der Waals surface area contributed by atoms with Crippen LogP contribution in [0.4, 0.5) is 4.39 Å². The van der Waals surface area contributed by atoms with Gasteiger partial charge in [-0.15, -0.1) is 0 Å². The van der Waals surface area contributed by atoms with E-state index in [1.807, 2.05) is 6.07 Å². The van der Waals surface area contributed by atoms with Gasteiger partial charge in [-0.1, -0.05) is 0 Å². The summed E-state index contributed by atoms with van der Waals surface area (Å²) >= 11 is 0. The second-order valence-corrected chi connectivity index (χ2v) is 6.80. The Kier molecular flexibility index (Phi) is 2.86. The van der Waals surface area contributed by atoms with Crippen molar-refractivity contribution in [2.24, 2.45) is 7.05 Å². The van der Waals surface area contributed by atoms with Crippen molar-refractivity contribution in [3.8, 4) is 17.3 Å². The molecule has 0 aliphatic rings. The first kappa shape index (κ1) is 13.1. The Morgan fingerprint density at radius 2 is 2.00 bits per heavy atom. The Labute approximate surface area is 162 Å². The zero-order valence-electron chi connectivity index (χ0n) is 19.5. The highest BCUT2D eigenvalue weighted by Crippen LogP contribution is 2.39. The standard InChI is InChI=1S/C23H20FN2O/c1-12-9-19(26(5)15(4)14(12)3)21-13(2)8-18(24)22-17-7-6-16(11-25)10-20(17)27-23(21)22/h6-10H,1-5H3/q+1/i3D3,9D. The van der Waals surface area contributed by atoms with Gasteiger partial charge in [0.15, 0.2) is 11.3 Å². The van der Waals surface area contributed by atoms with Crippen molar-refractivity contribution in [1.29, 1.82) is 5.26 Å². The topological polar surface area (TPSA) is 40.8 Å². The van der Waals surface area contributed by atoms with Gasteiger partial charge in [-0.2, -0.15) is 9.83 Å². The smallest absolute Gasteiger partial charge is 0.216 e. The minimum absolute atomic E-state index is 0.0494. The van der Waals surface area contributed by atoms with E-state index in [4.69, 9.17) is 9.90 Å². The molecule has 0 saturated heterocycles. The number of aromatic nitrogens is 1. The number of benzene rings is 2. The molecular formula is C23H20FN2O+. The second kappa shape index (κ2) is 5.92. The maximum atomic E-state index is 15.0. The van der Waals surface area contributed by atoms with E-state index in [9.17, 15) is 5.26 Å². The molecule has 4 aromatic rings. The van der Waals surface area contributed by atoms with Crippen molar-refractivity contribution in [2.45, 2.75) is 27.6 Å². The first-order chi connectivity index (χ1) is 14.5. The molecule has 0 atom stereocenters. The molecule has 0 saturated carbocycles. The van der Waals surface area contributed by atoms with Crippen LogP contribution in [0.2, 0.25) is 0 Å². The van der Waals surface area contributed by atoms with E-state index in [0.717, 1.165) is 0 Å². The van der Waals surface area contributed by atoms with Gasteiger partial charge in [-0.25, -0.2) is 4.39 Å². The van der Waals surface area contributed by atoms with Crippen LogP contribution < -0.4 is 4.57 Å². The van der Waals surface area contributed by atoms with Gasteiger partial charge in [-0.05, 0) is 56.1 Å². The highest BCUT2D eigenvalue weighted by atomic mass is 19.1. The fourth-order valence-corrected chi connectivity index (χ4v) is 3.55. The number of fused-ring (bicyclic) bond motifs is 3. The summed E-state index contributed by atoms with van der Waals surface area (Å²) in [6.45, 7) is 2.69. The molecule has 0 amide bonds. The van der Waals surface area contributed by atoms with E-state index >= 15 is 4.39 Å². The third-order valence-electron chi connectivity index (χ3n) is 5.14. The Balaban J connectivity index is 2.19. The largest absolute Gasteiger partial charge is 0.455 e. The quantitative estimate of drug-likeness (QED) is 0.429. The van der Waals surface area contributed by atoms with Crippen LogP contribution in [0.15, 0.2) is 34.7 Å². The van der Waals surface area contributed by atoms with Crippen LogP contribution in [0, 0.1) is 44.8 Å². The number of halogens is 1. The summed E-state index contributed by atoms with van der Waals surface area (Å²) in [6, 6.07) is 8.31. The van der Waals surface area contributed by atoms with Crippen LogP contribution in [-0.2, 0) is 7.05 Å². The molecule has 0 spiro atoms. The average molecular weight is 363 g/mol. The first-order valence-electron chi connectivity index (χ1n) is 10.5. The van der Waals surface area contributed by atoms with Gasteiger partial charge < -0.3 is 4.42 Å². The number of hydrogen-bond acceptors (Lipinski definition) is 2. The van der Waals surface area contributed by atoms with Gasteiger partial charge in [0.2, 0.25) is 5.69 Å². The maximum absolute atomic E-state index is 15.0. The summed E-state index contributed by atoms with van der Waals surface area (Å²) in [5.74, 6) is -0.457. The van der Waals surface area contributed by atoms with Crippen LogP contribution in [0.5, 0.6) is 0 Å². The van der Waals surface area contributed by atoms with E-state index in [-0.39, 0.29) is 22.6 Å². The van der Waals surface area contributed by atoms with Crippen molar-refractivity contribution in [1.82, 2.24) is 0 Å². The van der Waals surface area contributed by atoms with E-state index < -0.39 is 12.7 Å². The SMILES string of the molecule is [2H]c1c(C)c(C([2H])([2H])[2H])c(C)[n+](C)c1-c1c(C)cc(F)c2c1oc1cc(C#N)ccc12. The molecule has 0 radical (unpaired) electrons. The third-order valence-corrected chi connectivity index (χ3v) is 5.14. The van der Waals surface area contributed by atoms with Crippen molar-refractivity contribution in [3.05, 3.63) is 64.1 Å². The molecule has 2 aromatic carbocycles. The fourth-order valence-electron chi connectivity index (χ4n) is 3.55. The van der Waals surface area contributed by atoms with Crippen molar-refractivity contribution < 1.29 is 18.9 Å². The maximum Gasteiger partial charge on any atom is 0.216 e. The lowest BCUT2D eigenvalue weighted by Crippen LogP contribution is -2.36. The number of pyridine rings is 1. The highest BCUT2D eigenvalue weighted by molar-refractivity contribution is 6.10. The third kappa shape index (κ3) is 2.43. The Hall–Kier alpha value is -3.19. The summed E-state index contributed by atoms with van der Waals surface area (Å²) in [6.07, 6.45) is 0. The molecule has 0 bridgehead atoms. The molecule has 0 N–H and O–H groups in total. The van der Waals surface area contributed by atoms with Crippen LogP contribution in [0.25, 0.3) is 33.2 Å². The van der Waals surface area contributed by atoms with Crippen LogP contribution >= 0.6 is 0 Å². The molecule has 27 heavy (non-hydrogen) atoms. The van der Waals surface area contributed by atoms with E-state index in [1.54, 1.807) is 50.6 Å². The predicted octanol–water partition coefficient (Wildman–Crippen LogP) is 5.32. The molecule has 0 unspecified atom stereocenters. The van der Waals surface area contributed by atoms with Crippen LogP contribution in [-0.4, -0.2) is 0 Å². The number of rotatable bonds is 1. The summed E-state index contributed by atoms with van der Waals surface area (Å²) in [4.78, 5) is 0. The monoisotopic (exact) mass is 363 g/mol. The number of nitriles is 1. The van der Waals surface area contributed by atoms with Crippen molar-refractivity contribution >= 4 is 21.9 Å². The van der Waals surface area contributed by atoms with Gasteiger partial charge in [0.05, 0.1) is 24.0 Å². The highest BCUT2D eigenvalue weighted by Gasteiger charge is 2.25. The Morgan fingerprint density at radius 1 is 1.22 bits per heavy atom. The molecule has 0 fully saturated rings. The molecular weight excluding hydrogens is 339 g/mol. The molecule has 4 heteroatoms. The van der Waals surface area contributed by atoms with Crippen LogP contribution in [0.3, 0.4) is 0 Å². The lowest BCUT2D eigenvalue weighted by Gasteiger charge is -2.11. The van der Waals surface area contributed by atoms with Crippen LogP contribution in [0.1, 0.15) is 33.4 Å². The summed E-state index contributed by atoms with van der Waals surface area (Å²) in [5, 5.41) is 10.00. The molecule has 4 rings (SSSR count). The van der Waals surface area contributed by atoms with E-state index in [0.29, 0.717) is 44.6 Å². The Morgan fingerprint density at radius 3 is 2.70 bits per heavy atom. The molecule has 134 valence electrons. The van der Waals surface area contributed by atoms with Gasteiger partial charge in [0, 0.05) is 28.0 Å².